The Morgan fingerprint density at radius 3 is 2.46 bits per heavy atom. The zero-order valence-corrected chi connectivity index (χ0v) is 9.57. The van der Waals surface area contributed by atoms with Crippen molar-refractivity contribution >= 4 is 11.8 Å². The highest BCUT2D eigenvalue weighted by atomic mass is 32.2. The molecule has 0 aromatic rings. The zero-order valence-electron chi connectivity index (χ0n) is 8.75. The summed E-state index contributed by atoms with van der Waals surface area (Å²) in [6, 6.07) is 0. The topological polar surface area (TPSA) is 0 Å². The molecule has 1 heteroatoms. The van der Waals surface area contributed by atoms with E-state index in [9.17, 15) is 0 Å². The van der Waals surface area contributed by atoms with Crippen LogP contribution in [0.1, 0.15) is 33.1 Å². The molecule has 0 aromatic carbocycles. The van der Waals surface area contributed by atoms with Gasteiger partial charge in [0.15, 0.2) is 0 Å². The normalized spacial score (nSPS) is 13.8. The van der Waals surface area contributed by atoms with Gasteiger partial charge in [0.05, 0.1) is 0 Å². The highest BCUT2D eigenvalue weighted by Gasteiger charge is 2.09. The Kier molecular flexibility index (Phi) is 7.91. The van der Waals surface area contributed by atoms with Gasteiger partial charge in [-0.1, -0.05) is 45.6 Å². The first kappa shape index (κ1) is 12.6. The van der Waals surface area contributed by atoms with Gasteiger partial charge in [-0.15, -0.1) is 11.8 Å². The van der Waals surface area contributed by atoms with E-state index in [4.69, 9.17) is 0 Å². The van der Waals surface area contributed by atoms with Crippen molar-refractivity contribution in [2.75, 3.05) is 0 Å². The molecule has 1 unspecified atom stereocenters. The maximum absolute atomic E-state index is 3.75. The Hall–Kier alpha value is -0.430. The van der Waals surface area contributed by atoms with Crippen LogP contribution in [0.2, 0.25) is 0 Å². The fourth-order valence-corrected chi connectivity index (χ4v) is 2.22. The van der Waals surface area contributed by atoms with Gasteiger partial charge in [-0.2, -0.15) is 0 Å². The summed E-state index contributed by atoms with van der Waals surface area (Å²) in [7, 11) is 0. The molecule has 0 aliphatic carbocycles. The summed E-state index contributed by atoms with van der Waals surface area (Å²) in [5.41, 5.74) is 0. The molecule has 0 heterocycles. The summed E-state index contributed by atoms with van der Waals surface area (Å²) in [4.78, 5) is 1.40. The second-order valence-electron chi connectivity index (χ2n) is 2.98. The quantitative estimate of drug-likeness (QED) is 0.529. The van der Waals surface area contributed by atoms with Crippen LogP contribution in [0.15, 0.2) is 35.6 Å². The molecule has 13 heavy (non-hydrogen) atoms. The van der Waals surface area contributed by atoms with Crippen LogP contribution in [0.4, 0.5) is 0 Å². The fourth-order valence-electron chi connectivity index (χ4n) is 1.38. The number of hydrogen-bond donors (Lipinski definition) is 0. The standard InChI is InChI=1S/C12H20S/c1-5-9-11(7-3)12(10-6-2)13-8-4/h6,8,10-11H,2,4-5,7,9H2,1,3H3/b12-10-. The average molecular weight is 196 g/mol. The van der Waals surface area contributed by atoms with Gasteiger partial charge in [0.2, 0.25) is 0 Å². The van der Waals surface area contributed by atoms with Crippen molar-refractivity contribution in [1.29, 1.82) is 0 Å². The van der Waals surface area contributed by atoms with Gasteiger partial charge in [-0.3, -0.25) is 0 Å². The van der Waals surface area contributed by atoms with Gasteiger partial charge in [-0.25, -0.2) is 0 Å². The van der Waals surface area contributed by atoms with Gasteiger partial charge in [-0.05, 0) is 29.1 Å². The summed E-state index contributed by atoms with van der Waals surface area (Å²) in [5.74, 6) is 0.686. The van der Waals surface area contributed by atoms with E-state index in [-0.39, 0.29) is 0 Å². The third-order valence-corrected chi connectivity index (χ3v) is 2.94. The molecule has 0 saturated carbocycles. The summed E-state index contributed by atoms with van der Waals surface area (Å²) in [6.45, 7) is 11.9. The van der Waals surface area contributed by atoms with Gasteiger partial charge < -0.3 is 0 Å². The summed E-state index contributed by atoms with van der Waals surface area (Å²) >= 11 is 1.73. The van der Waals surface area contributed by atoms with Gasteiger partial charge in [0, 0.05) is 0 Å². The molecule has 0 nitrogen and oxygen atoms in total. The van der Waals surface area contributed by atoms with Crippen LogP contribution in [0.3, 0.4) is 0 Å². The Morgan fingerprint density at radius 2 is 2.08 bits per heavy atom. The predicted molar refractivity (Wildman–Crippen MR) is 64.8 cm³/mol. The molecule has 0 bridgehead atoms. The number of hydrogen-bond acceptors (Lipinski definition) is 1. The SMILES string of the molecule is C=C/C=C(\SC=C)C(CC)CCC. The van der Waals surface area contributed by atoms with Crippen LogP contribution < -0.4 is 0 Å². The monoisotopic (exact) mass is 196 g/mol. The van der Waals surface area contributed by atoms with Gasteiger partial charge >= 0.3 is 0 Å². The van der Waals surface area contributed by atoms with E-state index in [0.717, 1.165) is 0 Å². The second kappa shape index (κ2) is 8.18. The Bertz CT molecular complexity index is 180. The van der Waals surface area contributed by atoms with E-state index < -0.39 is 0 Å². The summed E-state index contributed by atoms with van der Waals surface area (Å²) in [6.07, 6.45) is 7.68. The van der Waals surface area contributed by atoms with E-state index in [1.807, 2.05) is 11.5 Å². The van der Waals surface area contributed by atoms with Gasteiger partial charge in [0.1, 0.15) is 0 Å². The minimum Gasteiger partial charge on any atom is -0.103 e. The lowest BCUT2D eigenvalue weighted by Gasteiger charge is -2.15. The van der Waals surface area contributed by atoms with Crippen molar-refractivity contribution in [3.8, 4) is 0 Å². The largest absolute Gasteiger partial charge is 0.103 e. The van der Waals surface area contributed by atoms with Crippen molar-refractivity contribution in [3.63, 3.8) is 0 Å². The Morgan fingerprint density at radius 1 is 1.38 bits per heavy atom. The second-order valence-corrected chi connectivity index (χ2v) is 4.02. The summed E-state index contributed by atoms with van der Waals surface area (Å²) in [5, 5.41) is 1.90. The molecule has 0 radical (unpaired) electrons. The molecule has 0 fully saturated rings. The van der Waals surface area contributed by atoms with Crippen molar-refractivity contribution in [1.82, 2.24) is 0 Å². The molecule has 0 aliphatic heterocycles. The molecule has 74 valence electrons. The molecule has 0 aliphatic rings. The van der Waals surface area contributed by atoms with Crippen LogP contribution in [-0.2, 0) is 0 Å². The molecule has 0 N–H and O–H groups in total. The van der Waals surface area contributed by atoms with E-state index in [0.29, 0.717) is 5.92 Å². The fraction of sp³-hybridized carbons (Fsp3) is 0.500. The Labute approximate surface area is 86.8 Å². The zero-order chi connectivity index (χ0) is 10.1. The molecule has 0 spiro atoms. The summed E-state index contributed by atoms with van der Waals surface area (Å²) < 4.78 is 0. The van der Waals surface area contributed by atoms with Crippen LogP contribution in [0, 0.1) is 5.92 Å². The molecular weight excluding hydrogens is 176 g/mol. The maximum Gasteiger partial charge on any atom is -0.00779 e. The third kappa shape index (κ3) is 4.99. The van der Waals surface area contributed by atoms with Crippen LogP contribution >= 0.6 is 11.8 Å². The Balaban J connectivity index is 4.37. The first-order chi connectivity index (χ1) is 6.29. The van der Waals surface area contributed by atoms with Crippen LogP contribution in [-0.4, -0.2) is 0 Å². The molecule has 0 amide bonds. The van der Waals surface area contributed by atoms with E-state index >= 15 is 0 Å². The van der Waals surface area contributed by atoms with Crippen LogP contribution in [0.25, 0.3) is 0 Å². The highest BCUT2D eigenvalue weighted by Crippen LogP contribution is 2.30. The predicted octanol–water partition coefficient (Wildman–Crippen LogP) is 4.76. The van der Waals surface area contributed by atoms with Gasteiger partial charge in [0.25, 0.3) is 0 Å². The van der Waals surface area contributed by atoms with E-state index in [2.05, 4.69) is 33.1 Å². The molecule has 0 rings (SSSR count). The lowest BCUT2D eigenvalue weighted by Crippen LogP contribution is -1.99. The smallest absolute Gasteiger partial charge is 0.00779 e. The minimum absolute atomic E-state index is 0.686. The van der Waals surface area contributed by atoms with E-state index in [1.165, 1.54) is 24.2 Å². The lowest BCUT2D eigenvalue weighted by atomic mass is 10.00. The number of allylic oxidation sites excluding steroid dienone is 3. The van der Waals surface area contributed by atoms with Crippen molar-refractivity contribution in [2.24, 2.45) is 5.92 Å². The lowest BCUT2D eigenvalue weighted by molar-refractivity contribution is 0.556. The first-order valence-corrected chi connectivity index (χ1v) is 5.78. The maximum atomic E-state index is 3.75. The molecule has 1 atom stereocenters. The molecule has 0 aromatic heterocycles. The van der Waals surface area contributed by atoms with Crippen molar-refractivity contribution < 1.29 is 0 Å². The highest BCUT2D eigenvalue weighted by molar-refractivity contribution is 8.05. The van der Waals surface area contributed by atoms with Crippen molar-refractivity contribution in [3.05, 3.63) is 35.6 Å². The molecule has 0 saturated heterocycles. The number of thioether (sulfide) groups is 1. The minimum atomic E-state index is 0.686. The van der Waals surface area contributed by atoms with E-state index in [1.54, 1.807) is 11.8 Å². The van der Waals surface area contributed by atoms with Crippen LogP contribution in [0.5, 0.6) is 0 Å². The molecular formula is C12H20S. The first-order valence-electron chi connectivity index (χ1n) is 4.90. The average Bonchev–Trinajstić information content (AvgIpc) is 2.14. The van der Waals surface area contributed by atoms with Crippen molar-refractivity contribution in [2.45, 2.75) is 33.1 Å². The third-order valence-electron chi connectivity index (χ3n) is 2.03. The number of rotatable bonds is 7.